The van der Waals surface area contributed by atoms with Crippen molar-refractivity contribution in [3.8, 4) is 0 Å². The van der Waals surface area contributed by atoms with Gasteiger partial charge in [0.2, 0.25) is 0 Å². The molecule has 0 radical (unpaired) electrons. The minimum Gasteiger partial charge on any atom is -0.147 e. The molecule has 1 unspecified atom stereocenters. The van der Waals surface area contributed by atoms with E-state index in [1.54, 1.807) is 11.3 Å². The van der Waals surface area contributed by atoms with Crippen LogP contribution in [0.25, 0.3) is 0 Å². The van der Waals surface area contributed by atoms with Crippen LogP contribution in [0.1, 0.15) is 45.9 Å². The van der Waals surface area contributed by atoms with E-state index in [4.69, 9.17) is 11.6 Å². The molecule has 0 saturated heterocycles. The van der Waals surface area contributed by atoms with Crippen molar-refractivity contribution >= 4 is 22.9 Å². The Morgan fingerprint density at radius 2 is 2.06 bits per heavy atom. The van der Waals surface area contributed by atoms with Gasteiger partial charge in [-0.25, -0.2) is 0 Å². The maximum absolute atomic E-state index is 6.67. The van der Waals surface area contributed by atoms with E-state index in [1.807, 2.05) is 0 Å². The molecule has 0 saturated carbocycles. The van der Waals surface area contributed by atoms with Gasteiger partial charge in [-0.3, -0.25) is 0 Å². The molecule has 0 nitrogen and oxygen atoms in total. The second-order valence-corrected chi connectivity index (χ2v) is 6.29. The zero-order valence-corrected chi connectivity index (χ0v) is 12.2. The highest BCUT2D eigenvalue weighted by atomic mass is 35.5. The van der Waals surface area contributed by atoms with Gasteiger partial charge in [0.15, 0.2) is 0 Å². The SMILES string of the molecule is CCc1ccsc1C(Cl)c1ccc2c(c1)CCC2. The standard InChI is InChI=1S/C16H17ClS/c1-2-11-8-9-18-16(11)15(17)14-7-6-12-4-3-5-13(12)10-14/h6-10,15H,2-5H2,1H3. The van der Waals surface area contributed by atoms with Gasteiger partial charge in [0, 0.05) is 4.88 Å². The van der Waals surface area contributed by atoms with Crippen molar-refractivity contribution in [3.05, 3.63) is 56.8 Å². The van der Waals surface area contributed by atoms with Crippen molar-refractivity contribution in [2.45, 2.75) is 38.0 Å². The number of benzene rings is 1. The number of fused-ring (bicyclic) bond motifs is 1. The summed E-state index contributed by atoms with van der Waals surface area (Å²) in [5.74, 6) is 0. The maximum Gasteiger partial charge on any atom is 0.0930 e. The quantitative estimate of drug-likeness (QED) is 0.682. The van der Waals surface area contributed by atoms with Crippen LogP contribution in [0, 0.1) is 0 Å². The highest BCUT2D eigenvalue weighted by Crippen LogP contribution is 2.36. The summed E-state index contributed by atoms with van der Waals surface area (Å²) >= 11 is 8.45. The van der Waals surface area contributed by atoms with E-state index >= 15 is 0 Å². The summed E-state index contributed by atoms with van der Waals surface area (Å²) in [4.78, 5) is 1.32. The summed E-state index contributed by atoms with van der Waals surface area (Å²) in [5, 5.41) is 2.17. The molecular weight excluding hydrogens is 260 g/mol. The molecule has 0 fully saturated rings. The average molecular weight is 277 g/mol. The van der Waals surface area contributed by atoms with Crippen molar-refractivity contribution in [2.75, 3.05) is 0 Å². The lowest BCUT2D eigenvalue weighted by atomic mass is 10.0. The van der Waals surface area contributed by atoms with E-state index in [9.17, 15) is 0 Å². The molecule has 0 bridgehead atoms. The van der Waals surface area contributed by atoms with Crippen LogP contribution in [0.4, 0.5) is 0 Å². The van der Waals surface area contributed by atoms with Gasteiger partial charge in [0.05, 0.1) is 5.38 Å². The highest BCUT2D eigenvalue weighted by molar-refractivity contribution is 7.10. The Hall–Kier alpha value is -0.790. The molecule has 2 heteroatoms. The molecule has 94 valence electrons. The zero-order chi connectivity index (χ0) is 12.5. The van der Waals surface area contributed by atoms with Crippen LogP contribution in [0.15, 0.2) is 29.6 Å². The lowest BCUT2D eigenvalue weighted by Crippen LogP contribution is -1.96. The summed E-state index contributed by atoms with van der Waals surface area (Å²) in [5.41, 5.74) is 5.67. The van der Waals surface area contributed by atoms with Gasteiger partial charge in [0.25, 0.3) is 0 Å². The van der Waals surface area contributed by atoms with Crippen molar-refractivity contribution in [3.63, 3.8) is 0 Å². The Bertz CT molecular complexity index is 556. The number of alkyl halides is 1. The van der Waals surface area contributed by atoms with Crippen LogP contribution >= 0.6 is 22.9 Å². The maximum atomic E-state index is 6.67. The van der Waals surface area contributed by atoms with E-state index in [1.165, 1.54) is 46.4 Å². The molecule has 1 heterocycles. The smallest absolute Gasteiger partial charge is 0.0930 e. The van der Waals surface area contributed by atoms with Crippen LogP contribution in [-0.2, 0) is 19.3 Å². The third-order valence-corrected chi connectivity index (χ3v) is 5.43. The number of aryl methyl sites for hydroxylation is 3. The molecule has 1 aliphatic rings. The highest BCUT2D eigenvalue weighted by Gasteiger charge is 2.18. The lowest BCUT2D eigenvalue weighted by molar-refractivity contribution is 0.911. The fourth-order valence-electron chi connectivity index (χ4n) is 2.76. The van der Waals surface area contributed by atoms with E-state index in [2.05, 4.69) is 36.6 Å². The fourth-order valence-corrected chi connectivity index (χ4v) is 4.19. The molecule has 1 aromatic carbocycles. The summed E-state index contributed by atoms with van der Waals surface area (Å²) in [7, 11) is 0. The Morgan fingerprint density at radius 1 is 1.22 bits per heavy atom. The zero-order valence-electron chi connectivity index (χ0n) is 10.6. The van der Waals surface area contributed by atoms with Crippen molar-refractivity contribution < 1.29 is 0 Å². The molecular formula is C16H17ClS. The summed E-state index contributed by atoms with van der Waals surface area (Å²) in [6.07, 6.45) is 4.82. The summed E-state index contributed by atoms with van der Waals surface area (Å²) in [6.45, 7) is 2.19. The number of rotatable bonds is 3. The third-order valence-electron chi connectivity index (χ3n) is 3.81. The molecule has 0 N–H and O–H groups in total. The minimum absolute atomic E-state index is 0.0193. The van der Waals surface area contributed by atoms with Gasteiger partial charge < -0.3 is 0 Å². The van der Waals surface area contributed by atoms with Gasteiger partial charge >= 0.3 is 0 Å². The van der Waals surface area contributed by atoms with E-state index in [0.717, 1.165) is 6.42 Å². The van der Waals surface area contributed by atoms with Crippen LogP contribution in [0.5, 0.6) is 0 Å². The van der Waals surface area contributed by atoms with Gasteiger partial charge in [0.1, 0.15) is 0 Å². The van der Waals surface area contributed by atoms with Crippen molar-refractivity contribution in [1.82, 2.24) is 0 Å². The van der Waals surface area contributed by atoms with Crippen molar-refractivity contribution in [2.24, 2.45) is 0 Å². The summed E-state index contributed by atoms with van der Waals surface area (Å²) < 4.78 is 0. The molecule has 1 aliphatic carbocycles. The molecule has 1 aromatic heterocycles. The van der Waals surface area contributed by atoms with Gasteiger partial charge in [-0.2, -0.15) is 0 Å². The summed E-state index contributed by atoms with van der Waals surface area (Å²) in [6, 6.07) is 9.00. The number of halogens is 1. The number of hydrogen-bond donors (Lipinski definition) is 0. The first-order valence-electron chi connectivity index (χ1n) is 6.61. The van der Waals surface area contributed by atoms with Gasteiger partial charge in [-0.1, -0.05) is 25.1 Å². The first-order valence-corrected chi connectivity index (χ1v) is 7.93. The predicted octanol–water partition coefficient (Wildman–Crippen LogP) is 5.13. The number of thiophene rings is 1. The predicted molar refractivity (Wildman–Crippen MR) is 79.9 cm³/mol. The van der Waals surface area contributed by atoms with Crippen LogP contribution < -0.4 is 0 Å². The van der Waals surface area contributed by atoms with Crippen LogP contribution in [-0.4, -0.2) is 0 Å². The third kappa shape index (κ3) is 2.10. The second kappa shape index (κ2) is 5.07. The largest absolute Gasteiger partial charge is 0.147 e. The Kier molecular flexibility index (Phi) is 3.45. The van der Waals surface area contributed by atoms with E-state index < -0.39 is 0 Å². The topological polar surface area (TPSA) is 0 Å². The van der Waals surface area contributed by atoms with Gasteiger partial charge in [-0.05, 0) is 59.4 Å². The first-order chi connectivity index (χ1) is 8.79. The van der Waals surface area contributed by atoms with Crippen LogP contribution in [0.2, 0.25) is 0 Å². The lowest BCUT2D eigenvalue weighted by Gasteiger charge is -2.12. The van der Waals surface area contributed by atoms with E-state index in [0.29, 0.717) is 0 Å². The van der Waals surface area contributed by atoms with Crippen molar-refractivity contribution in [1.29, 1.82) is 0 Å². The Balaban J connectivity index is 1.95. The molecule has 2 aromatic rings. The molecule has 0 amide bonds. The van der Waals surface area contributed by atoms with E-state index in [-0.39, 0.29) is 5.38 Å². The molecule has 0 spiro atoms. The number of hydrogen-bond acceptors (Lipinski definition) is 1. The fraction of sp³-hybridized carbons (Fsp3) is 0.375. The molecule has 0 aliphatic heterocycles. The Morgan fingerprint density at radius 3 is 2.89 bits per heavy atom. The minimum atomic E-state index is 0.0193. The Labute approximate surface area is 118 Å². The second-order valence-electron chi connectivity index (χ2n) is 4.91. The first kappa shape index (κ1) is 12.3. The van der Waals surface area contributed by atoms with Crippen LogP contribution in [0.3, 0.4) is 0 Å². The molecule has 18 heavy (non-hydrogen) atoms. The molecule has 3 rings (SSSR count). The normalized spacial score (nSPS) is 15.7. The average Bonchev–Trinajstić information content (AvgIpc) is 3.05. The molecule has 1 atom stereocenters. The van der Waals surface area contributed by atoms with Gasteiger partial charge in [-0.15, -0.1) is 22.9 Å². The monoisotopic (exact) mass is 276 g/mol.